The Morgan fingerprint density at radius 3 is 2.79 bits per heavy atom. The van der Waals surface area contributed by atoms with Gasteiger partial charge >= 0.3 is 0 Å². The summed E-state index contributed by atoms with van der Waals surface area (Å²) in [5.74, 6) is 1.58. The third kappa shape index (κ3) is 4.28. The fourth-order valence-electron chi connectivity index (χ4n) is 4.10. The van der Waals surface area contributed by atoms with Crippen molar-refractivity contribution in [2.45, 2.75) is 43.7 Å². The zero-order chi connectivity index (χ0) is 20.4. The number of benzene rings is 1. The van der Waals surface area contributed by atoms with Crippen LogP contribution in [0, 0.1) is 0 Å². The predicted molar refractivity (Wildman–Crippen MR) is 116 cm³/mol. The van der Waals surface area contributed by atoms with Crippen molar-refractivity contribution in [1.29, 1.82) is 0 Å². The van der Waals surface area contributed by atoms with Crippen LogP contribution in [-0.2, 0) is 0 Å². The van der Waals surface area contributed by atoms with Gasteiger partial charge in [0.05, 0.1) is 18.3 Å². The van der Waals surface area contributed by atoms with E-state index in [9.17, 15) is 0 Å². The lowest BCUT2D eigenvalue weighted by Gasteiger charge is -2.38. The quantitative estimate of drug-likeness (QED) is 0.708. The van der Waals surface area contributed by atoms with E-state index in [1.807, 2.05) is 48.7 Å². The van der Waals surface area contributed by atoms with Crippen LogP contribution >= 0.6 is 0 Å². The maximum atomic E-state index is 6.57. The number of rotatable bonds is 4. The molecule has 0 aliphatic heterocycles. The van der Waals surface area contributed by atoms with Crippen molar-refractivity contribution >= 4 is 23.1 Å². The third-order valence-corrected chi connectivity index (χ3v) is 5.66. The molecule has 0 spiro atoms. The lowest BCUT2D eigenvalue weighted by atomic mass is 9.73. The summed E-state index contributed by atoms with van der Waals surface area (Å²) in [5.41, 5.74) is 15.6. The molecule has 2 heterocycles. The fourth-order valence-corrected chi connectivity index (χ4v) is 4.10. The Kier molecular flexibility index (Phi) is 5.30. The van der Waals surface area contributed by atoms with Gasteiger partial charge in [0.25, 0.3) is 0 Å². The van der Waals surface area contributed by atoms with Gasteiger partial charge in [-0.1, -0.05) is 6.07 Å². The van der Waals surface area contributed by atoms with Crippen LogP contribution in [0.3, 0.4) is 0 Å². The summed E-state index contributed by atoms with van der Waals surface area (Å²) in [6, 6.07) is 9.76. The summed E-state index contributed by atoms with van der Waals surface area (Å²) >= 11 is 0. The van der Waals surface area contributed by atoms with Crippen LogP contribution in [0.25, 0.3) is 23.1 Å². The first kappa shape index (κ1) is 19.5. The van der Waals surface area contributed by atoms with Crippen LogP contribution in [-0.4, -0.2) is 33.6 Å². The molecule has 29 heavy (non-hydrogen) atoms. The summed E-state index contributed by atoms with van der Waals surface area (Å²) in [4.78, 5) is 13.8. The molecule has 3 unspecified atom stereocenters. The Balaban J connectivity index is 1.78. The van der Waals surface area contributed by atoms with Gasteiger partial charge in [-0.05, 0) is 68.2 Å². The standard InChI is InChI=1S/C23H27N5O/c1-23(25)10-9-17(19(24)13-23)22-18-12-16(29-2)6-7-20(18)27-21(28-22)8-5-15-4-3-11-26-14-15/h3-8,11-12,14,17,19H,9-10,13,24-25H2,1-2H3/b8-5-. The molecule has 3 atom stereocenters. The second-order valence-corrected chi connectivity index (χ2v) is 8.14. The van der Waals surface area contributed by atoms with Crippen LogP contribution in [0.5, 0.6) is 5.75 Å². The van der Waals surface area contributed by atoms with Crippen molar-refractivity contribution in [3.8, 4) is 5.75 Å². The zero-order valence-electron chi connectivity index (χ0n) is 16.9. The van der Waals surface area contributed by atoms with Gasteiger partial charge in [0.2, 0.25) is 0 Å². The number of ether oxygens (including phenoxy) is 1. The van der Waals surface area contributed by atoms with Crippen molar-refractivity contribution in [1.82, 2.24) is 15.0 Å². The summed E-state index contributed by atoms with van der Waals surface area (Å²) in [6.45, 7) is 2.08. The second kappa shape index (κ2) is 7.89. The number of aromatic nitrogens is 3. The molecule has 1 aliphatic rings. The molecule has 0 bridgehead atoms. The normalized spacial score (nSPS) is 24.8. The van der Waals surface area contributed by atoms with E-state index in [2.05, 4.69) is 11.9 Å². The van der Waals surface area contributed by atoms with Gasteiger partial charge in [0.15, 0.2) is 5.82 Å². The number of nitrogens with zero attached hydrogens (tertiary/aromatic N) is 3. The maximum Gasteiger partial charge on any atom is 0.152 e. The van der Waals surface area contributed by atoms with Gasteiger partial charge in [-0.25, -0.2) is 9.97 Å². The van der Waals surface area contributed by atoms with Crippen molar-refractivity contribution in [3.63, 3.8) is 0 Å². The van der Waals surface area contributed by atoms with E-state index in [4.69, 9.17) is 26.2 Å². The first-order valence-corrected chi connectivity index (χ1v) is 9.93. The van der Waals surface area contributed by atoms with Crippen LogP contribution in [0.15, 0.2) is 42.7 Å². The molecule has 6 heteroatoms. The molecule has 3 aromatic rings. The van der Waals surface area contributed by atoms with E-state index in [1.54, 1.807) is 13.3 Å². The molecular weight excluding hydrogens is 362 g/mol. The van der Waals surface area contributed by atoms with Crippen LogP contribution in [0.1, 0.15) is 49.2 Å². The van der Waals surface area contributed by atoms with E-state index >= 15 is 0 Å². The van der Waals surface area contributed by atoms with Crippen LogP contribution in [0.4, 0.5) is 0 Å². The Bertz CT molecular complexity index is 1030. The molecule has 4 N–H and O–H groups in total. The Hall–Kier alpha value is -2.83. The minimum absolute atomic E-state index is 0.0433. The highest BCUT2D eigenvalue weighted by molar-refractivity contribution is 5.84. The lowest BCUT2D eigenvalue weighted by molar-refractivity contribution is 0.261. The van der Waals surface area contributed by atoms with Gasteiger partial charge < -0.3 is 16.2 Å². The highest BCUT2D eigenvalue weighted by Crippen LogP contribution is 2.38. The van der Waals surface area contributed by atoms with Gasteiger partial charge in [0.1, 0.15) is 5.75 Å². The summed E-state index contributed by atoms with van der Waals surface area (Å²) in [7, 11) is 1.67. The Morgan fingerprint density at radius 1 is 1.21 bits per heavy atom. The number of methoxy groups -OCH3 is 1. The van der Waals surface area contributed by atoms with Gasteiger partial charge in [0, 0.05) is 35.3 Å². The highest BCUT2D eigenvalue weighted by atomic mass is 16.5. The average Bonchev–Trinajstić information content (AvgIpc) is 2.71. The largest absolute Gasteiger partial charge is 0.497 e. The Morgan fingerprint density at radius 2 is 2.07 bits per heavy atom. The summed E-state index contributed by atoms with van der Waals surface area (Å²) in [5, 5.41) is 0.990. The fraction of sp³-hybridized carbons (Fsp3) is 0.348. The summed E-state index contributed by atoms with van der Waals surface area (Å²) < 4.78 is 5.43. The molecule has 6 nitrogen and oxygen atoms in total. The molecule has 2 aromatic heterocycles. The lowest BCUT2D eigenvalue weighted by Crippen LogP contribution is -2.49. The number of hydrogen-bond donors (Lipinski definition) is 2. The first-order chi connectivity index (χ1) is 13.9. The highest BCUT2D eigenvalue weighted by Gasteiger charge is 2.35. The zero-order valence-corrected chi connectivity index (χ0v) is 16.9. The number of nitrogens with two attached hydrogens (primary N) is 2. The molecule has 0 saturated heterocycles. The molecule has 1 aliphatic carbocycles. The molecule has 4 rings (SSSR count). The molecule has 1 fully saturated rings. The second-order valence-electron chi connectivity index (χ2n) is 8.14. The number of hydrogen-bond acceptors (Lipinski definition) is 6. The van der Waals surface area contributed by atoms with E-state index in [0.717, 1.165) is 47.2 Å². The van der Waals surface area contributed by atoms with Crippen molar-refractivity contribution in [3.05, 3.63) is 59.8 Å². The van der Waals surface area contributed by atoms with Crippen molar-refractivity contribution < 1.29 is 4.74 Å². The van der Waals surface area contributed by atoms with E-state index in [1.165, 1.54) is 0 Å². The van der Waals surface area contributed by atoms with E-state index < -0.39 is 0 Å². The van der Waals surface area contributed by atoms with Crippen molar-refractivity contribution in [2.75, 3.05) is 7.11 Å². The van der Waals surface area contributed by atoms with Crippen LogP contribution in [0.2, 0.25) is 0 Å². The van der Waals surface area contributed by atoms with Gasteiger partial charge in [-0.15, -0.1) is 0 Å². The number of pyridine rings is 1. The van der Waals surface area contributed by atoms with E-state index in [-0.39, 0.29) is 17.5 Å². The average molecular weight is 390 g/mol. The van der Waals surface area contributed by atoms with Crippen LogP contribution < -0.4 is 16.2 Å². The summed E-state index contributed by atoms with van der Waals surface area (Å²) in [6.07, 6.45) is 10.1. The maximum absolute atomic E-state index is 6.57. The number of fused-ring (bicyclic) bond motifs is 1. The van der Waals surface area contributed by atoms with Crippen molar-refractivity contribution in [2.24, 2.45) is 11.5 Å². The first-order valence-electron chi connectivity index (χ1n) is 9.93. The third-order valence-electron chi connectivity index (χ3n) is 5.66. The molecule has 150 valence electrons. The molecular formula is C23H27N5O. The van der Waals surface area contributed by atoms with Gasteiger partial charge in [-0.3, -0.25) is 4.98 Å². The van der Waals surface area contributed by atoms with E-state index in [0.29, 0.717) is 5.82 Å². The Labute approximate surface area is 171 Å². The SMILES string of the molecule is COc1ccc2nc(/C=C\c3cccnc3)nc(C3CCC(C)(N)CC3N)c2c1. The minimum atomic E-state index is -0.223. The monoisotopic (exact) mass is 389 g/mol. The molecule has 0 amide bonds. The predicted octanol–water partition coefficient (Wildman–Crippen LogP) is 3.52. The molecule has 1 saturated carbocycles. The molecule has 1 aromatic carbocycles. The topological polar surface area (TPSA) is 99.9 Å². The minimum Gasteiger partial charge on any atom is -0.497 e. The smallest absolute Gasteiger partial charge is 0.152 e. The van der Waals surface area contributed by atoms with Gasteiger partial charge in [-0.2, -0.15) is 0 Å². The molecule has 0 radical (unpaired) electrons.